The third-order valence-corrected chi connectivity index (χ3v) is 3.11. The summed E-state index contributed by atoms with van der Waals surface area (Å²) in [5.74, 6) is 0. The first-order valence-corrected chi connectivity index (χ1v) is 5.69. The van der Waals surface area contributed by atoms with Gasteiger partial charge in [0.2, 0.25) is 0 Å². The van der Waals surface area contributed by atoms with E-state index in [0.717, 1.165) is 18.4 Å². The van der Waals surface area contributed by atoms with Crippen LogP contribution in [0.25, 0.3) is 0 Å². The molecule has 1 aromatic rings. The van der Waals surface area contributed by atoms with Gasteiger partial charge in [-0.05, 0) is 25.8 Å². The third kappa shape index (κ3) is 2.50. The van der Waals surface area contributed by atoms with Crippen LogP contribution in [0.2, 0.25) is 5.15 Å². The van der Waals surface area contributed by atoms with Crippen LogP contribution < -0.4 is 5.32 Å². The van der Waals surface area contributed by atoms with Gasteiger partial charge in [-0.25, -0.2) is 9.78 Å². The maximum absolute atomic E-state index is 10.7. The number of nitrogens with zero attached hydrogens (tertiary/aromatic N) is 1. The molecule has 1 unspecified atom stereocenters. The Balaban J connectivity index is 2.42. The minimum absolute atomic E-state index is 0.327. The smallest absolute Gasteiger partial charge is 0.409 e. The van der Waals surface area contributed by atoms with Crippen molar-refractivity contribution in [2.45, 2.75) is 25.4 Å². The zero-order chi connectivity index (χ0) is 12.5. The summed E-state index contributed by atoms with van der Waals surface area (Å²) in [7, 11) is 0. The van der Waals surface area contributed by atoms with Gasteiger partial charge in [0.15, 0.2) is 0 Å². The number of anilines is 1. The quantitative estimate of drug-likeness (QED) is 0.798. The van der Waals surface area contributed by atoms with Crippen molar-refractivity contribution in [1.29, 1.82) is 0 Å². The molecule has 0 saturated carbocycles. The van der Waals surface area contributed by atoms with Gasteiger partial charge >= 0.3 is 6.09 Å². The molecule has 1 aromatic heterocycles. The Bertz CT molecular complexity index is 444. The van der Waals surface area contributed by atoms with Crippen LogP contribution in [0.3, 0.4) is 0 Å². The van der Waals surface area contributed by atoms with Crippen LogP contribution in [-0.4, -0.2) is 22.8 Å². The number of carboxylic acid groups (broad SMARTS) is 1. The standard InChI is InChI=1S/C11H13ClN2O3/c1-11(3-2-4-17-11)7-5-9(12)13-6-8(7)14-10(15)16/h5-6,14H,2-4H2,1H3,(H,15,16). The van der Waals surface area contributed by atoms with Crippen LogP contribution in [0.4, 0.5) is 10.5 Å². The molecule has 6 heteroatoms. The maximum Gasteiger partial charge on any atom is 0.409 e. The van der Waals surface area contributed by atoms with Crippen LogP contribution in [-0.2, 0) is 10.3 Å². The summed E-state index contributed by atoms with van der Waals surface area (Å²) in [6.45, 7) is 2.60. The number of halogens is 1. The van der Waals surface area contributed by atoms with Crippen LogP contribution in [0, 0.1) is 0 Å². The fourth-order valence-corrected chi connectivity index (χ4v) is 2.23. The van der Waals surface area contributed by atoms with E-state index in [-0.39, 0.29) is 0 Å². The van der Waals surface area contributed by atoms with Gasteiger partial charge in [0.25, 0.3) is 0 Å². The Labute approximate surface area is 104 Å². The summed E-state index contributed by atoms with van der Waals surface area (Å²) in [6, 6.07) is 1.65. The van der Waals surface area contributed by atoms with Crippen LogP contribution in [0.5, 0.6) is 0 Å². The summed E-state index contributed by atoms with van der Waals surface area (Å²) < 4.78 is 5.68. The summed E-state index contributed by atoms with van der Waals surface area (Å²) in [5, 5.41) is 11.4. The number of ether oxygens (including phenoxy) is 1. The molecular weight excluding hydrogens is 244 g/mol. The molecule has 1 saturated heterocycles. The van der Waals surface area contributed by atoms with Crippen LogP contribution in [0.15, 0.2) is 12.3 Å². The number of hydrogen-bond donors (Lipinski definition) is 2. The predicted octanol–water partition coefficient (Wildman–Crippen LogP) is 2.85. The normalized spacial score (nSPS) is 23.6. The molecule has 0 aliphatic carbocycles. The third-order valence-electron chi connectivity index (χ3n) is 2.90. The minimum Gasteiger partial charge on any atom is -0.465 e. The van der Waals surface area contributed by atoms with Crippen molar-refractivity contribution in [1.82, 2.24) is 4.98 Å². The van der Waals surface area contributed by atoms with E-state index in [1.54, 1.807) is 6.07 Å². The van der Waals surface area contributed by atoms with E-state index in [0.29, 0.717) is 17.4 Å². The molecule has 0 aromatic carbocycles. The molecule has 17 heavy (non-hydrogen) atoms. The van der Waals surface area contributed by atoms with E-state index in [4.69, 9.17) is 21.4 Å². The fraction of sp³-hybridized carbons (Fsp3) is 0.455. The van der Waals surface area contributed by atoms with Gasteiger partial charge in [0.1, 0.15) is 5.15 Å². The van der Waals surface area contributed by atoms with Crippen molar-refractivity contribution in [3.63, 3.8) is 0 Å². The number of pyridine rings is 1. The molecular formula is C11H13ClN2O3. The minimum atomic E-state index is -1.13. The topological polar surface area (TPSA) is 71.5 Å². The Morgan fingerprint density at radius 1 is 1.71 bits per heavy atom. The van der Waals surface area contributed by atoms with E-state index in [9.17, 15) is 4.79 Å². The van der Waals surface area contributed by atoms with Crippen LogP contribution >= 0.6 is 11.6 Å². The first-order valence-electron chi connectivity index (χ1n) is 5.31. The van der Waals surface area contributed by atoms with E-state index in [2.05, 4.69) is 10.3 Å². The molecule has 0 radical (unpaired) electrons. The molecule has 1 atom stereocenters. The summed E-state index contributed by atoms with van der Waals surface area (Å²) in [6.07, 6.45) is 2.07. The van der Waals surface area contributed by atoms with Crippen molar-refractivity contribution >= 4 is 23.4 Å². The maximum atomic E-state index is 10.7. The van der Waals surface area contributed by atoms with Gasteiger partial charge in [-0.15, -0.1) is 0 Å². The lowest BCUT2D eigenvalue weighted by atomic mass is 9.92. The van der Waals surface area contributed by atoms with E-state index in [1.165, 1.54) is 6.20 Å². The SMILES string of the molecule is CC1(c2cc(Cl)ncc2NC(=O)O)CCCO1. The Morgan fingerprint density at radius 3 is 3.06 bits per heavy atom. The molecule has 0 spiro atoms. The largest absolute Gasteiger partial charge is 0.465 e. The number of aromatic nitrogens is 1. The van der Waals surface area contributed by atoms with E-state index in [1.807, 2.05) is 6.92 Å². The molecule has 2 heterocycles. The number of nitrogens with one attached hydrogen (secondary N) is 1. The van der Waals surface area contributed by atoms with E-state index < -0.39 is 11.7 Å². The van der Waals surface area contributed by atoms with Crippen molar-refractivity contribution < 1.29 is 14.6 Å². The van der Waals surface area contributed by atoms with Gasteiger partial charge in [0, 0.05) is 12.2 Å². The van der Waals surface area contributed by atoms with Crippen LogP contribution in [0.1, 0.15) is 25.3 Å². The lowest BCUT2D eigenvalue weighted by Crippen LogP contribution is -2.23. The predicted molar refractivity (Wildman–Crippen MR) is 63.4 cm³/mol. The summed E-state index contributed by atoms with van der Waals surface area (Å²) in [5.41, 5.74) is 0.661. The van der Waals surface area contributed by atoms with Crippen molar-refractivity contribution in [3.8, 4) is 0 Å². The Morgan fingerprint density at radius 2 is 2.47 bits per heavy atom. The van der Waals surface area contributed by atoms with Crippen molar-refractivity contribution in [2.24, 2.45) is 0 Å². The zero-order valence-corrected chi connectivity index (χ0v) is 10.1. The molecule has 1 fully saturated rings. The highest BCUT2D eigenvalue weighted by atomic mass is 35.5. The zero-order valence-electron chi connectivity index (χ0n) is 9.36. The lowest BCUT2D eigenvalue weighted by Gasteiger charge is -2.26. The number of rotatable bonds is 2. The second kappa shape index (κ2) is 4.50. The van der Waals surface area contributed by atoms with Gasteiger partial charge in [-0.2, -0.15) is 0 Å². The average molecular weight is 257 g/mol. The summed E-state index contributed by atoms with van der Waals surface area (Å²) in [4.78, 5) is 14.6. The Hall–Kier alpha value is -1.33. The average Bonchev–Trinajstić information content (AvgIpc) is 2.68. The molecule has 5 nitrogen and oxygen atoms in total. The molecule has 2 N–H and O–H groups in total. The monoisotopic (exact) mass is 256 g/mol. The van der Waals surface area contributed by atoms with Crippen molar-refractivity contribution in [3.05, 3.63) is 23.0 Å². The first kappa shape index (κ1) is 12.1. The number of carbonyl (C=O) groups is 1. The second-order valence-corrected chi connectivity index (χ2v) is 4.55. The highest BCUT2D eigenvalue weighted by Crippen LogP contribution is 2.39. The van der Waals surface area contributed by atoms with Gasteiger partial charge in [-0.1, -0.05) is 11.6 Å². The molecule has 1 aliphatic heterocycles. The molecule has 1 aliphatic rings. The lowest BCUT2D eigenvalue weighted by molar-refractivity contribution is 0.0174. The van der Waals surface area contributed by atoms with Gasteiger partial charge in [-0.3, -0.25) is 5.32 Å². The molecule has 92 valence electrons. The van der Waals surface area contributed by atoms with Gasteiger partial charge < -0.3 is 9.84 Å². The first-order chi connectivity index (χ1) is 8.01. The van der Waals surface area contributed by atoms with Crippen molar-refractivity contribution in [2.75, 3.05) is 11.9 Å². The fourth-order valence-electron chi connectivity index (χ4n) is 2.07. The van der Waals surface area contributed by atoms with Gasteiger partial charge in [0.05, 0.1) is 17.5 Å². The summed E-state index contributed by atoms with van der Waals surface area (Å²) >= 11 is 5.85. The molecule has 1 amide bonds. The molecule has 0 bridgehead atoms. The molecule has 2 rings (SSSR count). The van der Waals surface area contributed by atoms with E-state index >= 15 is 0 Å². The highest BCUT2D eigenvalue weighted by Gasteiger charge is 2.34. The highest BCUT2D eigenvalue weighted by molar-refractivity contribution is 6.29. The number of amides is 1. The Kier molecular flexibility index (Phi) is 3.22. The second-order valence-electron chi connectivity index (χ2n) is 4.17. The number of hydrogen-bond acceptors (Lipinski definition) is 3.